The van der Waals surface area contributed by atoms with Gasteiger partial charge in [-0.05, 0) is 25.0 Å². The largest absolute Gasteiger partial charge is 0.467 e. The standard InChI is InChI=1S/C11H19NO3/c1-8(7-13)9(2)12-6-10(14)11-4-3-5-15-11/h3-5,8-10,12-14H,6-7H2,1-2H3. The summed E-state index contributed by atoms with van der Waals surface area (Å²) in [7, 11) is 0. The predicted molar refractivity (Wildman–Crippen MR) is 57.4 cm³/mol. The van der Waals surface area contributed by atoms with Gasteiger partial charge in [0.2, 0.25) is 0 Å². The minimum atomic E-state index is -0.631. The maximum absolute atomic E-state index is 9.69. The van der Waals surface area contributed by atoms with Gasteiger partial charge in [0, 0.05) is 19.2 Å². The molecule has 1 heterocycles. The number of aliphatic hydroxyl groups excluding tert-OH is 2. The maximum atomic E-state index is 9.69. The number of rotatable bonds is 6. The Hall–Kier alpha value is -0.840. The molecule has 3 atom stereocenters. The first-order valence-electron chi connectivity index (χ1n) is 5.21. The Morgan fingerprint density at radius 2 is 2.20 bits per heavy atom. The molecule has 0 aromatic carbocycles. The highest BCUT2D eigenvalue weighted by atomic mass is 16.4. The minimum Gasteiger partial charge on any atom is -0.467 e. The Morgan fingerprint density at radius 3 is 2.73 bits per heavy atom. The van der Waals surface area contributed by atoms with Crippen molar-refractivity contribution in [2.45, 2.75) is 26.0 Å². The second-order valence-electron chi connectivity index (χ2n) is 3.89. The van der Waals surface area contributed by atoms with Crippen molar-refractivity contribution >= 4 is 0 Å². The second kappa shape index (κ2) is 5.90. The second-order valence-corrected chi connectivity index (χ2v) is 3.89. The molecule has 0 aliphatic heterocycles. The fourth-order valence-corrected chi connectivity index (χ4v) is 1.24. The van der Waals surface area contributed by atoms with Gasteiger partial charge in [-0.15, -0.1) is 0 Å². The van der Waals surface area contributed by atoms with Crippen LogP contribution < -0.4 is 5.32 Å². The van der Waals surface area contributed by atoms with Crippen LogP contribution in [0.25, 0.3) is 0 Å². The maximum Gasteiger partial charge on any atom is 0.133 e. The molecule has 0 saturated heterocycles. The summed E-state index contributed by atoms with van der Waals surface area (Å²) in [6, 6.07) is 3.66. The van der Waals surface area contributed by atoms with Gasteiger partial charge in [-0.25, -0.2) is 0 Å². The number of furan rings is 1. The van der Waals surface area contributed by atoms with Crippen molar-refractivity contribution in [2.24, 2.45) is 5.92 Å². The summed E-state index contributed by atoms with van der Waals surface area (Å²) in [4.78, 5) is 0. The van der Waals surface area contributed by atoms with E-state index in [4.69, 9.17) is 9.52 Å². The Bertz CT molecular complexity index is 261. The number of aliphatic hydroxyl groups is 2. The van der Waals surface area contributed by atoms with Gasteiger partial charge in [-0.2, -0.15) is 0 Å². The summed E-state index contributed by atoms with van der Waals surface area (Å²) in [6.07, 6.45) is 0.909. The van der Waals surface area contributed by atoms with Crippen LogP contribution in [0, 0.1) is 5.92 Å². The summed E-state index contributed by atoms with van der Waals surface area (Å²) >= 11 is 0. The minimum absolute atomic E-state index is 0.144. The lowest BCUT2D eigenvalue weighted by Crippen LogP contribution is -2.36. The van der Waals surface area contributed by atoms with Crippen molar-refractivity contribution in [1.82, 2.24) is 5.32 Å². The molecule has 1 aromatic rings. The fraction of sp³-hybridized carbons (Fsp3) is 0.636. The average molecular weight is 213 g/mol. The van der Waals surface area contributed by atoms with Gasteiger partial charge in [0.25, 0.3) is 0 Å². The van der Waals surface area contributed by atoms with Gasteiger partial charge in [-0.1, -0.05) is 6.92 Å². The van der Waals surface area contributed by atoms with E-state index in [1.165, 1.54) is 0 Å². The van der Waals surface area contributed by atoms with Gasteiger partial charge >= 0.3 is 0 Å². The van der Waals surface area contributed by atoms with E-state index in [1.54, 1.807) is 18.4 Å². The molecule has 0 fully saturated rings. The summed E-state index contributed by atoms with van der Waals surface area (Å²) in [5.74, 6) is 0.736. The van der Waals surface area contributed by atoms with E-state index in [-0.39, 0.29) is 18.6 Å². The van der Waals surface area contributed by atoms with Crippen LogP contribution in [0.3, 0.4) is 0 Å². The lowest BCUT2D eigenvalue weighted by Gasteiger charge is -2.20. The van der Waals surface area contributed by atoms with Gasteiger partial charge < -0.3 is 19.9 Å². The fourth-order valence-electron chi connectivity index (χ4n) is 1.24. The van der Waals surface area contributed by atoms with E-state index in [2.05, 4.69) is 5.32 Å². The molecular formula is C11H19NO3. The summed E-state index contributed by atoms with van der Waals surface area (Å²) in [6.45, 7) is 4.51. The van der Waals surface area contributed by atoms with E-state index >= 15 is 0 Å². The van der Waals surface area contributed by atoms with Crippen LogP contribution in [-0.2, 0) is 0 Å². The van der Waals surface area contributed by atoms with Crippen LogP contribution in [0.5, 0.6) is 0 Å². The molecule has 0 aliphatic rings. The summed E-state index contributed by atoms with van der Waals surface area (Å²) < 4.78 is 5.07. The van der Waals surface area contributed by atoms with Crippen molar-refractivity contribution in [3.05, 3.63) is 24.2 Å². The molecule has 3 N–H and O–H groups in total. The molecule has 4 heteroatoms. The zero-order valence-electron chi connectivity index (χ0n) is 9.18. The molecule has 0 spiro atoms. The molecule has 0 bridgehead atoms. The third-order valence-corrected chi connectivity index (χ3v) is 2.65. The Labute approximate surface area is 89.9 Å². The molecule has 3 unspecified atom stereocenters. The van der Waals surface area contributed by atoms with Gasteiger partial charge in [0.15, 0.2) is 0 Å². The van der Waals surface area contributed by atoms with Crippen molar-refractivity contribution < 1.29 is 14.6 Å². The zero-order chi connectivity index (χ0) is 11.3. The van der Waals surface area contributed by atoms with Crippen molar-refractivity contribution in [2.75, 3.05) is 13.2 Å². The Kier molecular flexibility index (Phi) is 4.81. The van der Waals surface area contributed by atoms with E-state index in [1.807, 2.05) is 13.8 Å². The van der Waals surface area contributed by atoms with E-state index in [0.717, 1.165) is 0 Å². The molecule has 0 aliphatic carbocycles. The number of hydrogen-bond donors (Lipinski definition) is 3. The lowest BCUT2D eigenvalue weighted by molar-refractivity contribution is 0.134. The summed E-state index contributed by atoms with van der Waals surface area (Å²) in [5.41, 5.74) is 0. The third-order valence-electron chi connectivity index (χ3n) is 2.65. The highest BCUT2D eigenvalue weighted by molar-refractivity contribution is 5.02. The van der Waals surface area contributed by atoms with Crippen LogP contribution in [0.15, 0.2) is 22.8 Å². The van der Waals surface area contributed by atoms with Gasteiger partial charge in [0.1, 0.15) is 11.9 Å². The Balaban J connectivity index is 2.31. The monoisotopic (exact) mass is 213 g/mol. The molecule has 15 heavy (non-hydrogen) atoms. The van der Waals surface area contributed by atoms with Crippen LogP contribution in [0.1, 0.15) is 25.7 Å². The van der Waals surface area contributed by atoms with E-state index in [9.17, 15) is 5.11 Å². The molecule has 1 aromatic heterocycles. The van der Waals surface area contributed by atoms with Crippen LogP contribution in [0.2, 0.25) is 0 Å². The first-order valence-corrected chi connectivity index (χ1v) is 5.21. The average Bonchev–Trinajstić information content (AvgIpc) is 2.77. The molecular weight excluding hydrogens is 194 g/mol. The lowest BCUT2D eigenvalue weighted by atomic mass is 10.1. The third kappa shape index (κ3) is 3.66. The summed E-state index contributed by atoms with van der Waals surface area (Å²) in [5, 5.41) is 21.8. The van der Waals surface area contributed by atoms with E-state index in [0.29, 0.717) is 12.3 Å². The molecule has 0 saturated carbocycles. The van der Waals surface area contributed by atoms with Crippen molar-refractivity contribution in [1.29, 1.82) is 0 Å². The quantitative estimate of drug-likeness (QED) is 0.657. The van der Waals surface area contributed by atoms with Gasteiger partial charge in [0.05, 0.1) is 6.26 Å². The SMILES string of the molecule is CC(CO)C(C)NCC(O)c1ccco1. The van der Waals surface area contributed by atoms with Crippen LogP contribution >= 0.6 is 0 Å². The van der Waals surface area contributed by atoms with E-state index < -0.39 is 6.10 Å². The van der Waals surface area contributed by atoms with Crippen LogP contribution in [0.4, 0.5) is 0 Å². The highest BCUT2D eigenvalue weighted by Crippen LogP contribution is 2.12. The van der Waals surface area contributed by atoms with Crippen LogP contribution in [-0.4, -0.2) is 29.4 Å². The number of nitrogens with one attached hydrogen (secondary N) is 1. The Morgan fingerprint density at radius 1 is 1.47 bits per heavy atom. The normalized spacial score (nSPS) is 17.3. The topological polar surface area (TPSA) is 65.6 Å². The first-order chi connectivity index (χ1) is 7.15. The molecule has 0 amide bonds. The molecule has 4 nitrogen and oxygen atoms in total. The highest BCUT2D eigenvalue weighted by Gasteiger charge is 2.14. The number of hydrogen-bond acceptors (Lipinski definition) is 4. The van der Waals surface area contributed by atoms with Crippen molar-refractivity contribution in [3.63, 3.8) is 0 Å². The van der Waals surface area contributed by atoms with Crippen molar-refractivity contribution in [3.8, 4) is 0 Å². The molecule has 86 valence electrons. The first kappa shape index (κ1) is 12.2. The zero-order valence-corrected chi connectivity index (χ0v) is 9.18. The van der Waals surface area contributed by atoms with Gasteiger partial charge in [-0.3, -0.25) is 0 Å². The predicted octanol–water partition coefficient (Wildman–Crippen LogP) is 0.919. The molecule has 1 rings (SSSR count). The molecule has 0 radical (unpaired) electrons. The smallest absolute Gasteiger partial charge is 0.133 e.